The van der Waals surface area contributed by atoms with Crippen LogP contribution in [0.3, 0.4) is 0 Å². The molecule has 0 aliphatic heterocycles. The number of carbonyl (C=O) groups excluding carboxylic acids is 1. The largest absolute Gasteiger partial charge is 0.480 e. The van der Waals surface area contributed by atoms with Gasteiger partial charge in [0.15, 0.2) is 0 Å². The first-order valence-electron chi connectivity index (χ1n) is 7.71. The van der Waals surface area contributed by atoms with Crippen molar-refractivity contribution < 1.29 is 14.7 Å². The molecule has 0 bridgehead atoms. The number of hydrogen-bond acceptors (Lipinski definition) is 2. The molecule has 114 valence electrons. The summed E-state index contributed by atoms with van der Waals surface area (Å²) in [7, 11) is 0. The normalized spacial score (nSPS) is 31.4. The van der Waals surface area contributed by atoms with Gasteiger partial charge >= 0.3 is 12.0 Å². The standard InChI is InChI=1S/C15H26N2O3/c1-3-14(7-8-14)10-16-13(20)17-15(12(18)19)6-4-5-11(2)9-15/h11H,3-10H2,1-2H3,(H,18,19)(H2,16,17,20). The van der Waals surface area contributed by atoms with Crippen LogP contribution in [-0.4, -0.2) is 29.2 Å². The molecule has 2 amide bonds. The summed E-state index contributed by atoms with van der Waals surface area (Å²) in [6.45, 7) is 4.83. The van der Waals surface area contributed by atoms with E-state index in [1.807, 2.05) is 6.92 Å². The van der Waals surface area contributed by atoms with Crippen molar-refractivity contribution in [3.63, 3.8) is 0 Å². The maximum atomic E-state index is 12.0. The first-order valence-corrected chi connectivity index (χ1v) is 7.71. The molecule has 0 aromatic heterocycles. The summed E-state index contributed by atoms with van der Waals surface area (Å²) >= 11 is 0. The fourth-order valence-electron chi connectivity index (χ4n) is 3.27. The van der Waals surface area contributed by atoms with E-state index in [1.54, 1.807) is 0 Å². The Morgan fingerprint density at radius 2 is 2.00 bits per heavy atom. The van der Waals surface area contributed by atoms with Crippen molar-refractivity contribution in [3.8, 4) is 0 Å². The Kier molecular flexibility index (Phi) is 4.25. The van der Waals surface area contributed by atoms with Crippen LogP contribution in [0.2, 0.25) is 0 Å². The average Bonchev–Trinajstić information content (AvgIpc) is 3.17. The second kappa shape index (κ2) is 5.62. The monoisotopic (exact) mass is 282 g/mol. The van der Waals surface area contributed by atoms with E-state index in [-0.39, 0.29) is 11.4 Å². The molecule has 2 atom stereocenters. The lowest BCUT2D eigenvalue weighted by Gasteiger charge is -2.37. The number of amides is 2. The highest BCUT2D eigenvalue weighted by Crippen LogP contribution is 2.47. The molecule has 5 nitrogen and oxygen atoms in total. The molecule has 2 rings (SSSR count). The lowest BCUT2D eigenvalue weighted by atomic mass is 9.76. The van der Waals surface area contributed by atoms with E-state index in [4.69, 9.17) is 0 Å². The summed E-state index contributed by atoms with van der Waals surface area (Å²) in [4.78, 5) is 23.6. The Morgan fingerprint density at radius 3 is 2.50 bits per heavy atom. The minimum atomic E-state index is -1.08. The van der Waals surface area contributed by atoms with Crippen molar-refractivity contribution in [2.75, 3.05) is 6.54 Å². The number of carboxylic acids is 1. The smallest absolute Gasteiger partial charge is 0.329 e. The van der Waals surface area contributed by atoms with Gasteiger partial charge in [-0.05, 0) is 43.4 Å². The number of urea groups is 1. The van der Waals surface area contributed by atoms with Crippen molar-refractivity contribution in [1.82, 2.24) is 10.6 Å². The Bertz CT molecular complexity index is 393. The molecule has 20 heavy (non-hydrogen) atoms. The van der Waals surface area contributed by atoms with E-state index < -0.39 is 11.5 Å². The van der Waals surface area contributed by atoms with E-state index in [1.165, 1.54) is 0 Å². The lowest BCUT2D eigenvalue weighted by Crippen LogP contribution is -2.59. The van der Waals surface area contributed by atoms with Gasteiger partial charge < -0.3 is 15.7 Å². The van der Waals surface area contributed by atoms with Gasteiger partial charge in [-0.25, -0.2) is 9.59 Å². The van der Waals surface area contributed by atoms with Crippen LogP contribution in [-0.2, 0) is 4.79 Å². The highest BCUT2D eigenvalue weighted by Gasteiger charge is 2.44. The first kappa shape index (κ1) is 15.1. The Morgan fingerprint density at radius 1 is 1.30 bits per heavy atom. The number of carbonyl (C=O) groups is 2. The number of aliphatic carboxylic acids is 1. The zero-order valence-electron chi connectivity index (χ0n) is 12.5. The van der Waals surface area contributed by atoms with Gasteiger partial charge in [-0.15, -0.1) is 0 Å². The Balaban J connectivity index is 1.91. The quantitative estimate of drug-likeness (QED) is 0.725. The summed E-state index contributed by atoms with van der Waals surface area (Å²) < 4.78 is 0. The molecule has 2 unspecified atom stereocenters. The fraction of sp³-hybridized carbons (Fsp3) is 0.867. The van der Waals surface area contributed by atoms with Gasteiger partial charge in [0, 0.05) is 6.54 Å². The zero-order valence-corrected chi connectivity index (χ0v) is 12.5. The van der Waals surface area contributed by atoms with Crippen LogP contribution in [0.25, 0.3) is 0 Å². The topological polar surface area (TPSA) is 78.4 Å². The molecule has 2 fully saturated rings. The molecular formula is C15H26N2O3. The average molecular weight is 282 g/mol. The highest BCUT2D eigenvalue weighted by atomic mass is 16.4. The summed E-state index contributed by atoms with van der Waals surface area (Å²) in [6, 6.07) is -0.332. The lowest BCUT2D eigenvalue weighted by molar-refractivity contribution is -0.146. The van der Waals surface area contributed by atoms with Crippen LogP contribution in [0.1, 0.15) is 58.8 Å². The van der Waals surface area contributed by atoms with Crippen molar-refractivity contribution in [1.29, 1.82) is 0 Å². The third kappa shape index (κ3) is 3.25. The van der Waals surface area contributed by atoms with E-state index >= 15 is 0 Å². The molecule has 3 N–H and O–H groups in total. The van der Waals surface area contributed by atoms with Crippen molar-refractivity contribution >= 4 is 12.0 Å². The first-order chi connectivity index (χ1) is 9.41. The second-order valence-electron chi connectivity index (χ2n) is 6.75. The molecule has 0 aromatic rings. The number of carboxylic acid groups (broad SMARTS) is 1. The molecule has 0 radical (unpaired) electrons. The second-order valence-corrected chi connectivity index (χ2v) is 6.75. The maximum absolute atomic E-state index is 12.0. The van der Waals surface area contributed by atoms with Crippen LogP contribution in [0.4, 0.5) is 4.79 Å². The molecule has 5 heteroatoms. The molecule has 2 aliphatic carbocycles. The van der Waals surface area contributed by atoms with E-state index in [0.29, 0.717) is 25.3 Å². The van der Waals surface area contributed by atoms with Crippen LogP contribution in [0, 0.1) is 11.3 Å². The van der Waals surface area contributed by atoms with Crippen LogP contribution < -0.4 is 10.6 Å². The van der Waals surface area contributed by atoms with Crippen LogP contribution in [0.5, 0.6) is 0 Å². The summed E-state index contributed by atoms with van der Waals surface area (Å²) in [5.74, 6) is -0.568. The van der Waals surface area contributed by atoms with Gasteiger partial charge in [-0.1, -0.05) is 26.7 Å². The number of nitrogens with one attached hydrogen (secondary N) is 2. The molecule has 0 saturated heterocycles. The zero-order chi connectivity index (χ0) is 14.8. The van der Waals surface area contributed by atoms with Gasteiger partial charge in [-0.3, -0.25) is 0 Å². The predicted molar refractivity (Wildman–Crippen MR) is 76.5 cm³/mol. The third-order valence-electron chi connectivity index (χ3n) is 5.09. The highest BCUT2D eigenvalue weighted by molar-refractivity contribution is 5.86. The SMILES string of the molecule is CCC1(CNC(=O)NC2(C(=O)O)CCCC(C)C2)CC1. The minimum Gasteiger partial charge on any atom is -0.480 e. The molecule has 2 aliphatic rings. The van der Waals surface area contributed by atoms with E-state index in [0.717, 1.165) is 32.1 Å². The minimum absolute atomic E-state index is 0.271. The Hall–Kier alpha value is -1.26. The van der Waals surface area contributed by atoms with Gasteiger partial charge in [0.05, 0.1) is 0 Å². The maximum Gasteiger partial charge on any atom is 0.329 e. The molecule has 2 saturated carbocycles. The molecule has 0 heterocycles. The third-order valence-corrected chi connectivity index (χ3v) is 5.09. The summed E-state index contributed by atoms with van der Waals surface area (Å²) in [5, 5.41) is 15.1. The molecular weight excluding hydrogens is 256 g/mol. The Labute approximate surface area is 120 Å². The van der Waals surface area contributed by atoms with Crippen molar-refractivity contribution in [3.05, 3.63) is 0 Å². The van der Waals surface area contributed by atoms with Gasteiger partial charge in [0.1, 0.15) is 5.54 Å². The van der Waals surface area contributed by atoms with E-state index in [9.17, 15) is 14.7 Å². The predicted octanol–water partition coefficient (Wildman–Crippen LogP) is 2.51. The van der Waals surface area contributed by atoms with Crippen molar-refractivity contribution in [2.45, 2.75) is 64.3 Å². The molecule has 0 aromatic carbocycles. The van der Waals surface area contributed by atoms with Crippen molar-refractivity contribution in [2.24, 2.45) is 11.3 Å². The fourth-order valence-corrected chi connectivity index (χ4v) is 3.27. The summed E-state index contributed by atoms with van der Waals surface area (Å²) in [6.07, 6.45) is 6.32. The summed E-state index contributed by atoms with van der Waals surface area (Å²) in [5.41, 5.74) is -0.807. The van der Waals surface area contributed by atoms with Gasteiger partial charge in [-0.2, -0.15) is 0 Å². The number of rotatable bonds is 5. The van der Waals surface area contributed by atoms with Gasteiger partial charge in [0.2, 0.25) is 0 Å². The number of hydrogen-bond donors (Lipinski definition) is 3. The van der Waals surface area contributed by atoms with Crippen LogP contribution >= 0.6 is 0 Å². The van der Waals surface area contributed by atoms with Crippen LogP contribution in [0.15, 0.2) is 0 Å². The van der Waals surface area contributed by atoms with Gasteiger partial charge in [0.25, 0.3) is 0 Å². The molecule has 0 spiro atoms. The van der Waals surface area contributed by atoms with E-state index in [2.05, 4.69) is 17.6 Å².